The zero-order valence-corrected chi connectivity index (χ0v) is 14.5. The molecule has 2 amide bonds. The van der Waals surface area contributed by atoms with Crippen molar-refractivity contribution in [3.8, 4) is 0 Å². The van der Waals surface area contributed by atoms with Crippen molar-refractivity contribution in [2.24, 2.45) is 11.8 Å². The van der Waals surface area contributed by atoms with E-state index in [4.69, 9.17) is 0 Å². The number of carbonyl (C=O) groups is 4. The third-order valence-corrected chi connectivity index (χ3v) is 3.53. The fraction of sp³-hybridized carbons (Fsp3) is 0.529. The van der Waals surface area contributed by atoms with Crippen LogP contribution in [0.25, 0.3) is 0 Å². The number of rotatable bonds is 9. The molecule has 0 saturated carbocycles. The molecular weight excluding hydrogens is 310 g/mol. The predicted octanol–water partition coefficient (Wildman–Crippen LogP) is 1.31. The molecule has 0 fully saturated rings. The van der Waals surface area contributed by atoms with Gasteiger partial charge < -0.3 is 20.4 Å². The van der Waals surface area contributed by atoms with Crippen LogP contribution in [0, 0.1) is 11.8 Å². The van der Waals surface area contributed by atoms with Crippen molar-refractivity contribution >= 4 is 24.4 Å². The van der Waals surface area contributed by atoms with Crippen molar-refractivity contribution in [2.45, 2.75) is 46.2 Å². The summed E-state index contributed by atoms with van der Waals surface area (Å²) in [4.78, 5) is 49.1. The van der Waals surface area contributed by atoms with Crippen LogP contribution in [0.4, 0.5) is 0 Å². The van der Waals surface area contributed by atoms with Gasteiger partial charge in [-0.1, -0.05) is 27.7 Å². The monoisotopic (exact) mass is 335 g/mol. The van der Waals surface area contributed by atoms with Gasteiger partial charge in [-0.05, 0) is 30.4 Å². The smallest absolute Gasteiger partial charge is 0.268 e. The molecule has 0 aliphatic heterocycles. The fourth-order valence-electron chi connectivity index (χ4n) is 2.30. The summed E-state index contributed by atoms with van der Waals surface area (Å²) in [6.07, 6.45) is 1.84. The number of H-pyrrole nitrogens is 1. The molecule has 1 aromatic heterocycles. The van der Waals surface area contributed by atoms with Crippen LogP contribution in [0.2, 0.25) is 0 Å². The van der Waals surface area contributed by atoms with Gasteiger partial charge in [-0.3, -0.25) is 14.4 Å². The number of aldehydes is 2. The molecule has 0 saturated heterocycles. The summed E-state index contributed by atoms with van der Waals surface area (Å²) in [5, 5.41) is 5.30. The van der Waals surface area contributed by atoms with Crippen molar-refractivity contribution in [1.29, 1.82) is 0 Å². The van der Waals surface area contributed by atoms with Crippen molar-refractivity contribution in [2.75, 3.05) is 0 Å². The quantitative estimate of drug-likeness (QED) is 0.591. The molecule has 0 aliphatic carbocycles. The lowest BCUT2D eigenvalue weighted by atomic mass is 10.0. The second kappa shape index (κ2) is 9.00. The van der Waals surface area contributed by atoms with E-state index in [0.717, 1.165) is 0 Å². The normalized spacial score (nSPS) is 13.4. The van der Waals surface area contributed by atoms with Gasteiger partial charge in [-0.15, -0.1) is 0 Å². The average molecular weight is 335 g/mol. The Labute approximate surface area is 141 Å². The van der Waals surface area contributed by atoms with Crippen LogP contribution in [0.5, 0.6) is 0 Å². The second-order valence-electron chi connectivity index (χ2n) is 6.52. The van der Waals surface area contributed by atoms with E-state index < -0.39 is 23.9 Å². The standard InChI is InChI=1S/C17H25N3O4/c1-10(2)7-13(9-22)19-17(24)15(11(3)4)20-16(23)14-6-5-12(8-21)18-14/h5-6,8-11,13,15,18H,7H2,1-4H3,(H,19,24)(H,20,23)/t13-,15-/m0/s1. The number of amides is 2. The van der Waals surface area contributed by atoms with E-state index in [-0.39, 0.29) is 23.2 Å². The Balaban J connectivity index is 2.78. The summed E-state index contributed by atoms with van der Waals surface area (Å²) in [5.41, 5.74) is 0.480. The summed E-state index contributed by atoms with van der Waals surface area (Å²) >= 11 is 0. The van der Waals surface area contributed by atoms with Gasteiger partial charge in [0, 0.05) is 0 Å². The predicted molar refractivity (Wildman–Crippen MR) is 89.7 cm³/mol. The molecule has 24 heavy (non-hydrogen) atoms. The minimum absolute atomic E-state index is 0.166. The van der Waals surface area contributed by atoms with Crippen molar-refractivity contribution in [3.05, 3.63) is 23.5 Å². The maximum atomic E-state index is 12.4. The average Bonchev–Trinajstić information content (AvgIpc) is 2.99. The van der Waals surface area contributed by atoms with Crippen molar-refractivity contribution < 1.29 is 19.2 Å². The number of aromatic nitrogens is 1. The highest BCUT2D eigenvalue weighted by molar-refractivity contribution is 5.97. The molecule has 0 bridgehead atoms. The van der Waals surface area contributed by atoms with Crippen LogP contribution in [0.3, 0.4) is 0 Å². The zero-order valence-electron chi connectivity index (χ0n) is 14.5. The third-order valence-electron chi connectivity index (χ3n) is 3.53. The second-order valence-corrected chi connectivity index (χ2v) is 6.52. The Kier molecular flexibility index (Phi) is 7.35. The first kappa shape index (κ1) is 19.6. The van der Waals surface area contributed by atoms with Gasteiger partial charge in [-0.25, -0.2) is 0 Å². The molecular formula is C17H25N3O4. The molecule has 7 heteroatoms. The largest absolute Gasteiger partial charge is 0.348 e. The van der Waals surface area contributed by atoms with E-state index in [1.165, 1.54) is 12.1 Å². The van der Waals surface area contributed by atoms with Crippen LogP contribution in [0.15, 0.2) is 12.1 Å². The lowest BCUT2D eigenvalue weighted by Gasteiger charge is -2.24. The first-order valence-electron chi connectivity index (χ1n) is 7.99. The Bertz CT molecular complexity index is 592. The Morgan fingerprint density at radius 2 is 1.79 bits per heavy atom. The highest BCUT2D eigenvalue weighted by atomic mass is 16.2. The van der Waals surface area contributed by atoms with Crippen molar-refractivity contribution in [3.63, 3.8) is 0 Å². The Morgan fingerprint density at radius 3 is 2.25 bits per heavy atom. The number of aromatic amines is 1. The van der Waals surface area contributed by atoms with Gasteiger partial charge in [0.1, 0.15) is 18.0 Å². The van der Waals surface area contributed by atoms with E-state index >= 15 is 0 Å². The summed E-state index contributed by atoms with van der Waals surface area (Å²) in [7, 11) is 0. The molecule has 0 unspecified atom stereocenters. The molecule has 132 valence electrons. The van der Waals surface area contributed by atoms with Gasteiger partial charge >= 0.3 is 0 Å². The van der Waals surface area contributed by atoms with Crippen LogP contribution < -0.4 is 10.6 Å². The first-order valence-corrected chi connectivity index (χ1v) is 7.99. The van der Waals surface area contributed by atoms with E-state index in [1.807, 2.05) is 13.8 Å². The molecule has 0 aromatic carbocycles. The van der Waals surface area contributed by atoms with Crippen LogP contribution in [0.1, 0.15) is 55.1 Å². The molecule has 3 N–H and O–H groups in total. The minimum Gasteiger partial charge on any atom is -0.348 e. The number of hydrogen-bond donors (Lipinski definition) is 3. The molecule has 7 nitrogen and oxygen atoms in total. The van der Waals surface area contributed by atoms with E-state index in [9.17, 15) is 19.2 Å². The summed E-state index contributed by atoms with van der Waals surface area (Å²) in [5.74, 6) is -0.796. The molecule has 0 spiro atoms. The molecule has 1 heterocycles. The molecule has 1 aromatic rings. The van der Waals surface area contributed by atoms with Crippen LogP contribution in [-0.4, -0.2) is 41.5 Å². The number of carbonyl (C=O) groups excluding carboxylic acids is 4. The molecule has 1 rings (SSSR count). The Morgan fingerprint density at radius 1 is 1.12 bits per heavy atom. The molecule has 0 aliphatic rings. The molecule has 2 atom stereocenters. The van der Waals surface area contributed by atoms with Gasteiger partial charge in [0.15, 0.2) is 6.29 Å². The SMILES string of the molecule is CC(C)C[C@@H](C=O)NC(=O)[C@@H](NC(=O)c1ccc(C=O)[nH]1)C(C)C. The van der Waals surface area contributed by atoms with Crippen molar-refractivity contribution in [1.82, 2.24) is 15.6 Å². The summed E-state index contributed by atoms with van der Waals surface area (Å²) < 4.78 is 0. The lowest BCUT2D eigenvalue weighted by molar-refractivity contribution is -0.126. The maximum Gasteiger partial charge on any atom is 0.268 e. The third kappa shape index (κ3) is 5.64. The maximum absolute atomic E-state index is 12.4. The topological polar surface area (TPSA) is 108 Å². The van der Waals surface area contributed by atoms with E-state index in [2.05, 4.69) is 15.6 Å². The lowest BCUT2D eigenvalue weighted by Crippen LogP contribution is -2.52. The van der Waals surface area contributed by atoms with Crippen LogP contribution >= 0.6 is 0 Å². The van der Waals surface area contributed by atoms with Crippen LogP contribution in [-0.2, 0) is 9.59 Å². The van der Waals surface area contributed by atoms with Gasteiger partial charge in [-0.2, -0.15) is 0 Å². The first-order chi connectivity index (χ1) is 11.3. The van der Waals surface area contributed by atoms with E-state index in [0.29, 0.717) is 19.0 Å². The minimum atomic E-state index is -0.782. The Hall–Kier alpha value is -2.44. The number of nitrogens with one attached hydrogen (secondary N) is 3. The number of hydrogen-bond acceptors (Lipinski definition) is 4. The zero-order chi connectivity index (χ0) is 18.3. The fourth-order valence-corrected chi connectivity index (χ4v) is 2.30. The summed E-state index contributed by atoms with van der Waals surface area (Å²) in [6, 6.07) is 1.59. The molecule has 0 radical (unpaired) electrons. The van der Waals surface area contributed by atoms with E-state index in [1.54, 1.807) is 13.8 Å². The summed E-state index contributed by atoms with van der Waals surface area (Å²) in [6.45, 7) is 7.52. The van der Waals surface area contributed by atoms with Gasteiger partial charge in [0.25, 0.3) is 5.91 Å². The highest BCUT2D eigenvalue weighted by Gasteiger charge is 2.27. The highest BCUT2D eigenvalue weighted by Crippen LogP contribution is 2.08. The van der Waals surface area contributed by atoms with Gasteiger partial charge in [0.05, 0.1) is 11.7 Å². The van der Waals surface area contributed by atoms with Gasteiger partial charge in [0.2, 0.25) is 5.91 Å².